The molecule has 3 fully saturated rings. The van der Waals surface area contributed by atoms with Gasteiger partial charge in [-0.15, -0.1) is 12.4 Å². The molecule has 0 aliphatic heterocycles. The smallest absolute Gasteiger partial charge is 0.310 e. The summed E-state index contributed by atoms with van der Waals surface area (Å²) in [7, 11) is 0. The minimum absolute atomic E-state index is 0. The maximum Gasteiger partial charge on any atom is 0.310 e. The maximum atomic E-state index is 11.7. The third kappa shape index (κ3) is 2.28. The highest BCUT2D eigenvalue weighted by Crippen LogP contribution is 2.44. The highest BCUT2D eigenvalue weighted by atomic mass is 35.5. The molecular weight excluding hydrogens is 214 g/mol. The molecule has 3 saturated carbocycles. The predicted octanol–water partition coefficient (Wildman–Crippen LogP) is 1.73. The van der Waals surface area contributed by atoms with E-state index in [2.05, 4.69) is 0 Å². The van der Waals surface area contributed by atoms with Gasteiger partial charge in [-0.1, -0.05) is 0 Å². The molecule has 3 rings (SSSR count). The number of fused-ring (bicyclic) bond motifs is 3. The summed E-state index contributed by atoms with van der Waals surface area (Å²) in [6, 6.07) is 0.0570. The fourth-order valence-electron chi connectivity index (χ4n) is 3.08. The van der Waals surface area contributed by atoms with Gasteiger partial charge >= 0.3 is 5.97 Å². The molecule has 0 amide bonds. The first-order valence-electron chi connectivity index (χ1n) is 5.66. The summed E-state index contributed by atoms with van der Waals surface area (Å²) in [5.74, 6) is 0.986. The normalized spacial score (nSPS) is 38.3. The highest BCUT2D eigenvalue weighted by molar-refractivity contribution is 5.85. The van der Waals surface area contributed by atoms with Crippen LogP contribution < -0.4 is 5.73 Å². The topological polar surface area (TPSA) is 52.3 Å². The molecule has 2 bridgehead atoms. The third-order valence-corrected chi connectivity index (χ3v) is 3.84. The molecule has 0 spiro atoms. The van der Waals surface area contributed by atoms with Crippen LogP contribution in [0.2, 0.25) is 0 Å². The summed E-state index contributed by atoms with van der Waals surface area (Å²) in [4.78, 5) is 11.7. The standard InChI is InChI=1S/C11H19NO2.ClH/c1-2-14-11(13)9-7-3-5-8(6-4-7)10(9)12;/h7-10H,2-6,12H2,1H3;1H/t7?,8?,9-,10-;/m1./s1. The lowest BCUT2D eigenvalue weighted by Crippen LogP contribution is -2.52. The van der Waals surface area contributed by atoms with Crippen LogP contribution >= 0.6 is 12.4 Å². The number of hydrogen-bond acceptors (Lipinski definition) is 3. The number of ether oxygens (including phenoxy) is 1. The molecule has 3 aliphatic carbocycles. The van der Waals surface area contributed by atoms with Crippen molar-refractivity contribution in [3.05, 3.63) is 0 Å². The van der Waals surface area contributed by atoms with Gasteiger partial charge in [0.15, 0.2) is 0 Å². The first-order chi connectivity index (χ1) is 6.74. The first-order valence-corrected chi connectivity index (χ1v) is 5.66. The van der Waals surface area contributed by atoms with E-state index in [-0.39, 0.29) is 30.3 Å². The predicted molar refractivity (Wildman–Crippen MR) is 60.8 cm³/mol. The molecule has 0 aromatic heterocycles. The van der Waals surface area contributed by atoms with Crippen LogP contribution in [-0.2, 0) is 9.53 Å². The quantitative estimate of drug-likeness (QED) is 0.740. The van der Waals surface area contributed by atoms with E-state index in [1.807, 2.05) is 6.92 Å². The molecule has 0 heterocycles. The van der Waals surface area contributed by atoms with Crippen LogP contribution in [0.15, 0.2) is 0 Å². The van der Waals surface area contributed by atoms with Gasteiger partial charge in [-0.2, -0.15) is 0 Å². The molecule has 88 valence electrons. The van der Waals surface area contributed by atoms with E-state index in [1.54, 1.807) is 0 Å². The zero-order valence-corrected chi connectivity index (χ0v) is 9.96. The van der Waals surface area contributed by atoms with E-state index in [0.717, 1.165) is 0 Å². The van der Waals surface area contributed by atoms with Crippen LogP contribution in [-0.4, -0.2) is 18.6 Å². The second kappa shape index (κ2) is 5.17. The summed E-state index contributed by atoms with van der Waals surface area (Å²) in [6.07, 6.45) is 4.76. The van der Waals surface area contributed by atoms with Crippen molar-refractivity contribution < 1.29 is 9.53 Å². The second-order valence-corrected chi connectivity index (χ2v) is 4.53. The van der Waals surface area contributed by atoms with Crippen molar-refractivity contribution in [2.75, 3.05) is 6.61 Å². The van der Waals surface area contributed by atoms with Crippen LogP contribution in [0.3, 0.4) is 0 Å². The molecule has 0 aromatic rings. The minimum Gasteiger partial charge on any atom is -0.466 e. The average molecular weight is 234 g/mol. The number of carbonyl (C=O) groups is 1. The molecule has 0 aromatic carbocycles. The molecule has 2 N–H and O–H groups in total. The van der Waals surface area contributed by atoms with E-state index in [1.165, 1.54) is 25.7 Å². The molecule has 0 unspecified atom stereocenters. The number of esters is 1. The molecular formula is C11H20ClNO2. The summed E-state index contributed by atoms with van der Waals surface area (Å²) >= 11 is 0. The Morgan fingerprint density at radius 3 is 2.27 bits per heavy atom. The molecule has 0 saturated heterocycles. The number of halogens is 1. The first kappa shape index (κ1) is 12.8. The van der Waals surface area contributed by atoms with Gasteiger partial charge < -0.3 is 10.5 Å². The Morgan fingerprint density at radius 2 is 1.80 bits per heavy atom. The summed E-state index contributed by atoms with van der Waals surface area (Å²) in [5.41, 5.74) is 6.09. The molecule has 3 nitrogen and oxygen atoms in total. The van der Waals surface area contributed by atoms with Crippen molar-refractivity contribution in [3.63, 3.8) is 0 Å². The monoisotopic (exact) mass is 233 g/mol. The lowest BCUT2D eigenvalue weighted by molar-refractivity contribution is -0.155. The Labute approximate surface area is 97.1 Å². The van der Waals surface area contributed by atoms with Gasteiger partial charge in [-0.05, 0) is 44.4 Å². The van der Waals surface area contributed by atoms with Gasteiger partial charge in [0.05, 0.1) is 12.5 Å². The Bertz CT molecular complexity index is 225. The summed E-state index contributed by atoms with van der Waals surface area (Å²) in [5, 5.41) is 0. The summed E-state index contributed by atoms with van der Waals surface area (Å²) < 4.78 is 5.09. The minimum atomic E-state index is -0.0607. The fourth-order valence-corrected chi connectivity index (χ4v) is 3.08. The SMILES string of the molecule is CCOC(=O)[C@@H]1C2CCC(CC2)[C@H]1N.Cl. The fraction of sp³-hybridized carbons (Fsp3) is 0.909. The van der Waals surface area contributed by atoms with Crippen molar-refractivity contribution in [1.29, 1.82) is 0 Å². The Kier molecular flexibility index (Phi) is 4.41. The van der Waals surface area contributed by atoms with Crippen molar-refractivity contribution in [1.82, 2.24) is 0 Å². The summed E-state index contributed by atoms with van der Waals surface area (Å²) in [6.45, 7) is 2.32. The van der Waals surface area contributed by atoms with E-state index in [4.69, 9.17) is 10.5 Å². The van der Waals surface area contributed by atoms with Crippen LogP contribution in [0.5, 0.6) is 0 Å². The van der Waals surface area contributed by atoms with Gasteiger partial charge in [-0.25, -0.2) is 0 Å². The van der Waals surface area contributed by atoms with Crippen molar-refractivity contribution >= 4 is 18.4 Å². The number of nitrogens with two attached hydrogens (primary N) is 1. The van der Waals surface area contributed by atoms with Crippen molar-refractivity contribution in [3.8, 4) is 0 Å². The largest absolute Gasteiger partial charge is 0.466 e. The van der Waals surface area contributed by atoms with Crippen LogP contribution in [0.1, 0.15) is 32.6 Å². The van der Waals surface area contributed by atoms with E-state index in [9.17, 15) is 4.79 Å². The lowest BCUT2D eigenvalue weighted by Gasteiger charge is -2.45. The van der Waals surface area contributed by atoms with Crippen LogP contribution in [0.4, 0.5) is 0 Å². The highest BCUT2D eigenvalue weighted by Gasteiger charge is 2.45. The molecule has 4 heteroatoms. The third-order valence-electron chi connectivity index (χ3n) is 3.84. The number of carbonyl (C=O) groups excluding carboxylic acids is 1. The zero-order chi connectivity index (χ0) is 10.1. The van der Waals surface area contributed by atoms with E-state index in [0.29, 0.717) is 18.4 Å². The van der Waals surface area contributed by atoms with Gasteiger partial charge in [-0.3, -0.25) is 4.79 Å². The zero-order valence-electron chi connectivity index (χ0n) is 9.15. The van der Waals surface area contributed by atoms with E-state index >= 15 is 0 Å². The van der Waals surface area contributed by atoms with Crippen LogP contribution in [0, 0.1) is 17.8 Å². The molecule has 15 heavy (non-hydrogen) atoms. The van der Waals surface area contributed by atoms with Crippen molar-refractivity contribution in [2.45, 2.75) is 38.6 Å². The number of rotatable bonds is 2. The Hall–Kier alpha value is -0.280. The van der Waals surface area contributed by atoms with Gasteiger partial charge in [0.2, 0.25) is 0 Å². The maximum absolute atomic E-state index is 11.7. The second-order valence-electron chi connectivity index (χ2n) is 4.53. The van der Waals surface area contributed by atoms with Crippen LogP contribution in [0.25, 0.3) is 0 Å². The van der Waals surface area contributed by atoms with Gasteiger partial charge in [0.25, 0.3) is 0 Å². The molecule has 2 atom stereocenters. The van der Waals surface area contributed by atoms with Gasteiger partial charge in [0, 0.05) is 6.04 Å². The van der Waals surface area contributed by atoms with E-state index < -0.39 is 0 Å². The Morgan fingerprint density at radius 1 is 1.27 bits per heavy atom. The van der Waals surface area contributed by atoms with Crippen molar-refractivity contribution in [2.24, 2.45) is 23.5 Å². The lowest BCUT2D eigenvalue weighted by atomic mass is 9.62. The Balaban J connectivity index is 0.00000112. The molecule has 0 radical (unpaired) electrons. The average Bonchev–Trinajstić information content (AvgIpc) is 2.19. The molecule has 3 aliphatic rings. The van der Waals surface area contributed by atoms with Gasteiger partial charge in [0.1, 0.15) is 0 Å². The number of hydrogen-bond donors (Lipinski definition) is 1.